The lowest BCUT2D eigenvalue weighted by molar-refractivity contribution is 0.284. The van der Waals surface area contributed by atoms with Gasteiger partial charge in [-0.15, -0.1) is 0 Å². The van der Waals surface area contributed by atoms with Gasteiger partial charge >= 0.3 is 0 Å². The van der Waals surface area contributed by atoms with Crippen molar-refractivity contribution >= 4 is 39.7 Å². The minimum absolute atomic E-state index is 0.261. The minimum atomic E-state index is -0.333. The fourth-order valence-electron chi connectivity index (χ4n) is 4.31. The summed E-state index contributed by atoms with van der Waals surface area (Å²) in [6.45, 7) is 0.340. The van der Waals surface area contributed by atoms with Crippen LogP contribution in [0.25, 0.3) is 33.5 Å². The molecule has 2 aromatic heterocycles. The molecule has 6 aromatic rings. The molecule has 0 aliphatic carbocycles. The van der Waals surface area contributed by atoms with E-state index in [1.54, 1.807) is 55.8 Å². The van der Waals surface area contributed by atoms with Crippen molar-refractivity contribution in [3.63, 3.8) is 0 Å². The molecular formula is C31H22ClN3O4. The van der Waals surface area contributed by atoms with Crippen molar-refractivity contribution in [3.8, 4) is 23.1 Å². The summed E-state index contributed by atoms with van der Waals surface area (Å²) < 4.78 is 19.0. The molecule has 4 aromatic carbocycles. The molecule has 0 saturated heterocycles. The van der Waals surface area contributed by atoms with Gasteiger partial charge < -0.3 is 13.9 Å². The number of furan rings is 1. The van der Waals surface area contributed by atoms with E-state index in [0.717, 1.165) is 10.9 Å². The predicted octanol–water partition coefficient (Wildman–Crippen LogP) is 6.93. The normalized spacial score (nSPS) is 11.4. The fraction of sp³-hybridized carbons (Fsp3) is 0.0645. The molecule has 0 amide bonds. The van der Waals surface area contributed by atoms with E-state index in [0.29, 0.717) is 50.9 Å². The van der Waals surface area contributed by atoms with Crippen molar-refractivity contribution < 1.29 is 13.9 Å². The van der Waals surface area contributed by atoms with Gasteiger partial charge in [-0.3, -0.25) is 4.79 Å². The van der Waals surface area contributed by atoms with Crippen LogP contribution in [0, 0.1) is 0 Å². The molecule has 8 heteroatoms. The molecule has 0 aliphatic heterocycles. The molecule has 192 valence electrons. The third kappa shape index (κ3) is 4.87. The molecule has 6 rings (SSSR count). The summed E-state index contributed by atoms with van der Waals surface area (Å²) in [5, 5.41) is 6.38. The summed E-state index contributed by atoms with van der Waals surface area (Å²) in [4.78, 5) is 18.4. The monoisotopic (exact) mass is 535 g/mol. The lowest BCUT2D eigenvalue weighted by atomic mass is 10.2. The zero-order valence-corrected chi connectivity index (χ0v) is 21.6. The van der Waals surface area contributed by atoms with Crippen LogP contribution in [0.2, 0.25) is 5.02 Å². The van der Waals surface area contributed by atoms with Crippen LogP contribution in [0.1, 0.15) is 11.1 Å². The van der Waals surface area contributed by atoms with Crippen molar-refractivity contribution in [2.24, 2.45) is 5.10 Å². The second kappa shape index (κ2) is 10.5. The van der Waals surface area contributed by atoms with Crippen molar-refractivity contribution in [3.05, 3.63) is 124 Å². The molecule has 0 spiro atoms. The first-order valence-electron chi connectivity index (χ1n) is 12.2. The van der Waals surface area contributed by atoms with Crippen LogP contribution in [0.4, 0.5) is 0 Å². The number of para-hydroxylation sites is 2. The summed E-state index contributed by atoms with van der Waals surface area (Å²) in [5.41, 5.74) is 2.47. The highest BCUT2D eigenvalue weighted by Gasteiger charge is 2.17. The Morgan fingerprint density at radius 3 is 2.64 bits per heavy atom. The second-order valence-electron chi connectivity index (χ2n) is 8.76. The summed E-state index contributed by atoms with van der Waals surface area (Å²) >= 11 is 6.17. The number of benzene rings is 4. The van der Waals surface area contributed by atoms with Crippen LogP contribution in [-0.2, 0) is 6.61 Å². The van der Waals surface area contributed by atoms with Crippen LogP contribution in [-0.4, -0.2) is 23.0 Å². The molecule has 0 saturated carbocycles. The number of hydrogen-bond donors (Lipinski definition) is 0. The maximum absolute atomic E-state index is 13.6. The lowest BCUT2D eigenvalue weighted by Crippen LogP contribution is -2.20. The Balaban J connectivity index is 1.47. The van der Waals surface area contributed by atoms with E-state index in [4.69, 9.17) is 30.5 Å². The van der Waals surface area contributed by atoms with Gasteiger partial charge in [0.1, 0.15) is 12.2 Å². The number of ether oxygens (including phenoxy) is 2. The van der Waals surface area contributed by atoms with Gasteiger partial charge in [0, 0.05) is 16.0 Å². The third-order valence-electron chi connectivity index (χ3n) is 6.22. The Kier molecular flexibility index (Phi) is 6.57. The number of rotatable bonds is 7. The van der Waals surface area contributed by atoms with Crippen molar-refractivity contribution in [2.75, 3.05) is 7.11 Å². The highest BCUT2D eigenvalue weighted by Crippen LogP contribution is 2.32. The van der Waals surface area contributed by atoms with Crippen LogP contribution < -0.4 is 15.0 Å². The van der Waals surface area contributed by atoms with Crippen molar-refractivity contribution in [2.45, 2.75) is 6.61 Å². The van der Waals surface area contributed by atoms with Gasteiger partial charge in [-0.05, 0) is 54.1 Å². The van der Waals surface area contributed by atoms with E-state index in [-0.39, 0.29) is 11.4 Å². The molecule has 0 fully saturated rings. The summed E-state index contributed by atoms with van der Waals surface area (Å²) in [6.07, 6.45) is 1.56. The predicted molar refractivity (Wildman–Crippen MR) is 153 cm³/mol. The zero-order valence-electron chi connectivity index (χ0n) is 20.9. The number of halogens is 1. The number of fused-ring (bicyclic) bond motifs is 2. The molecule has 2 heterocycles. The molecular weight excluding hydrogens is 514 g/mol. The van der Waals surface area contributed by atoms with Crippen LogP contribution in [0.3, 0.4) is 0 Å². The molecule has 0 N–H and O–H groups in total. The van der Waals surface area contributed by atoms with E-state index in [2.05, 4.69) is 5.10 Å². The van der Waals surface area contributed by atoms with Crippen LogP contribution >= 0.6 is 11.6 Å². The zero-order chi connectivity index (χ0) is 26.8. The van der Waals surface area contributed by atoms with Gasteiger partial charge in [0.15, 0.2) is 17.3 Å². The van der Waals surface area contributed by atoms with Crippen molar-refractivity contribution in [1.29, 1.82) is 0 Å². The standard InChI is InChI=1S/C31H22ClN3O4/c1-37-27-13-7-10-21(29(27)38-19-20-8-3-2-4-9-20)18-33-35-30(34-25-12-6-5-11-24(25)31(35)36)28-17-22-16-23(32)14-15-26(22)39-28/h2-18H,19H2,1H3. The molecule has 7 nitrogen and oxygen atoms in total. The van der Waals surface area contributed by atoms with Crippen LogP contribution in [0.15, 0.2) is 111 Å². The largest absolute Gasteiger partial charge is 0.493 e. The third-order valence-corrected chi connectivity index (χ3v) is 6.46. The molecule has 0 bridgehead atoms. The number of nitrogens with zero attached hydrogens (tertiary/aromatic N) is 3. The highest BCUT2D eigenvalue weighted by atomic mass is 35.5. The second-order valence-corrected chi connectivity index (χ2v) is 9.20. The van der Waals surface area contributed by atoms with Crippen LogP contribution in [0.5, 0.6) is 11.5 Å². The molecule has 0 unspecified atom stereocenters. The van der Waals surface area contributed by atoms with E-state index >= 15 is 0 Å². The van der Waals surface area contributed by atoms with Gasteiger partial charge in [0.05, 0.1) is 24.2 Å². The lowest BCUT2D eigenvalue weighted by Gasteiger charge is -2.13. The first-order valence-corrected chi connectivity index (χ1v) is 12.6. The minimum Gasteiger partial charge on any atom is -0.493 e. The van der Waals surface area contributed by atoms with Gasteiger partial charge in [-0.25, -0.2) is 4.98 Å². The first kappa shape index (κ1) is 24.5. The Morgan fingerprint density at radius 2 is 1.79 bits per heavy atom. The number of aromatic nitrogens is 2. The Bertz CT molecular complexity index is 1890. The quantitative estimate of drug-likeness (QED) is 0.207. The molecule has 0 atom stereocenters. The van der Waals surface area contributed by atoms with Gasteiger partial charge in [0.2, 0.25) is 5.82 Å². The Morgan fingerprint density at radius 1 is 0.974 bits per heavy atom. The molecule has 0 radical (unpaired) electrons. The van der Waals surface area contributed by atoms with E-state index in [1.807, 2.05) is 54.6 Å². The first-order chi connectivity index (χ1) is 19.1. The van der Waals surface area contributed by atoms with Gasteiger partial charge in [-0.2, -0.15) is 9.78 Å². The highest BCUT2D eigenvalue weighted by molar-refractivity contribution is 6.31. The fourth-order valence-corrected chi connectivity index (χ4v) is 4.49. The summed E-state index contributed by atoms with van der Waals surface area (Å²) in [5.74, 6) is 1.71. The van der Waals surface area contributed by atoms with E-state index in [1.165, 1.54) is 4.68 Å². The Labute approximate surface area is 228 Å². The maximum atomic E-state index is 13.6. The number of methoxy groups -OCH3 is 1. The Hall–Kier alpha value is -4.88. The average molecular weight is 536 g/mol. The van der Waals surface area contributed by atoms with E-state index in [9.17, 15) is 4.79 Å². The number of hydrogen-bond acceptors (Lipinski definition) is 6. The van der Waals surface area contributed by atoms with Gasteiger partial charge in [-0.1, -0.05) is 60.1 Å². The van der Waals surface area contributed by atoms with Gasteiger partial charge in [0.25, 0.3) is 5.56 Å². The topological polar surface area (TPSA) is 78.9 Å². The average Bonchev–Trinajstić information content (AvgIpc) is 3.39. The smallest absolute Gasteiger partial charge is 0.282 e. The SMILES string of the molecule is COc1cccc(C=Nn2c(-c3cc4cc(Cl)ccc4o3)nc3ccccc3c2=O)c1OCc1ccccc1. The summed E-state index contributed by atoms with van der Waals surface area (Å²) in [6, 6.07) is 29.6. The van der Waals surface area contributed by atoms with E-state index < -0.39 is 0 Å². The molecule has 0 aliphatic rings. The maximum Gasteiger partial charge on any atom is 0.282 e. The van der Waals surface area contributed by atoms with Crippen molar-refractivity contribution in [1.82, 2.24) is 9.66 Å². The molecule has 39 heavy (non-hydrogen) atoms. The summed E-state index contributed by atoms with van der Waals surface area (Å²) in [7, 11) is 1.58.